The summed E-state index contributed by atoms with van der Waals surface area (Å²) < 4.78 is 2.73. The number of hydrogen-bond acceptors (Lipinski definition) is 2. The third-order valence-corrected chi connectivity index (χ3v) is 8.77. The fraction of sp³-hybridized carbons (Fsp3) is 0.323. The average Bonchev–Trinajstić information content (AvgIpc) is 3.22. The molecule has 0 spiro atoms. The van der Waals surface area contributed by atoms with E-state index >= 15 is 0 Å². The molecule has 0 amide bonds. The summed E-state index contributed by atoms with van der Waals surface area (Å²) >= 11 is 1.92. The van der Waals surface area contributed by atoms with Gasteiger partial charge in [-0.3, -0.25) is 4.98 Å². The van der Waals surface area contributed by atoms with Crippen LogP contribution in [-0.4, -0.2) is 4.98 Å². The van der Waals surface area contributed by atoms with Crippen molar-refractivity contribution < 1.29 is 0 Å². The first-order valence-electron chi connectivity index (χ1n) is 12.3. The average molecular weight is 452 g/mol. The highest BCUT2D eigenvalue weighted by Gasteiger charge is 2.26. The van der Waals surface area contributed by atoms with Crippen LogP contribution in [-0.2, 0) is 11.8 Å². The van der Waals surface area contributed by atoms with Gasteiger partial charge >= 0.3 is 0 Å². The van der Waals surface area contributed by atoms with Gasteiger partial charge in [-0.2, -0.15) is 0 Å². The quantitative estimate of drug-likeness (QED) is 0.250. The maximum absolute atomic E-state index is 4.96. The van der Waals surface area contributed by atoms with Crippen LogP contribution in [0.4, 0.5) is 0 Å². The second-order valence-electron chi connectivity index (χ2n) is 10.0. The molecule has 0 fully saturated rings. The van der Waals surface area contributed by atoms with Gasteiger partial charge in [0.1, 0.15) is 0 Å². The summed E-state index contributed by atoms with van der Waals surface area (Å²) in [5, 5.41) is 5.37. The molecule has 0 saturated heterocycles. The number of hydrogen-bond donors (Lipinski definition) is 0. The smallest absolute Gasteiger partial charge is 0.0880 e. The monoisotopic (exact) mass is 451 g/mol. The molecule has 0 aliphatic heterocycles. The molecule has 5 aromatic rings. The molecule has 168 valence electrons. The summed E-state index contributed by atoms with van der Waals surface area (Å²) in [6.45, 7) is 11.6. The molecule has 3 aromatic carbocycles. The molecule has 2 heterocycles. The fourth-order valence-electron chi connectivity index (χ4n) is 5.17. The lowest BCUT2D eigenvalue weighted by Gasteiger charge is -2.29. The third kappa shape index (κ3) is 3.75. The van der Waals surface area contributed by atoms with Crippen molar-refractivity contribution in [2.75, 3.05) is 0 Å². The predicted octanol–water partition coefficient (Wildman–Crippen LogP) is 9.55. The van der Waals surface area contributed by atoms with E-state index in [0.29, 0.717) is 5.92 Å². The Hall–Kier alpha value is -2.71. The second-order valence-corrected chi connectivity index (χ2v) is 11.1. The molecule has 2 aromatic heterocycles. The zero-order chi connectivity index (χ0) is 23.2. The van der Waals surface area contributed by atoms with E-state index in [2.05, 4.69) is 95.3 Å². The van der Waals surface area contributed by atoms with E-state index < -0.39 is 0 Å². The number of pyridine rings is 1. The zero-order valence-corrected chi connectivity index (χ0v) is 21.2. The highest BCUT2D eigenvalue weighted by atomic mass is 32.1. The number of rotatable bonds is 6. The Kier molecular flexibility index (Phi) is 5.74. The first kappa shape index (κ1) is 22.1. The Labute approximate surface area is 201 Å². The molecule has 0 N–H and O–H groups in total. The largest absolute Gasteiger partial charge is 0.255 e. The van der Waals surface area contributed by atoms with Gasteiger partial charge in [0.2, 0.25) is 0 Å². The molecule has 0 unspecified atom stereocenters. The minimum absolute atomic E-state index is 0.147. The lowest BCUT2D eigenvalue weighted by atomic mass is 9.75. The van der Waals surface area contributed by atoms with Crippen LogP contribution < -0.4 is 0 Å². The molecular weight excluding hydrogens is 418 g/mol. The van der Waals surface area contributed by atoms with Crippen molar-refractivity contribution in [1.82, 2.24) is 4.98 Å². The van der Waals surface area contributed by atoms with Gasteiger partial charge in [0, 0.05) is 27.2 Å². The van der Waals surface area contributed by atoms with Crippen LogP contribution in [0.1, 0.15) is 58.6 Å². The summed E-state index contributed by atoms with van der Waals surface area (Å²) in [7, 11) is 0. The molecule has 0 atom stereocenters. The van der Waals surface area contributed by atoms with Crippen LogP contribution in [0.15, 0.2) is 66.9 Å². The van der Waals surface area contributed by atoms with E-state index in [0.717, 1.165) is 25.0 Å². The zero-order valence-electron chi connectivity index (χ0n) is 20.4. The van der Waals surface area contributed by atoms with E-state index in [1.54, 1.807) is 0 Å². The second kappa shape index (κ2) is 8.57. The van der Waals surface area contributed by atoms with E-state index in [-0.39, 0.29) is 5.41 Å². The third-order valence-electron chi connectivity index (χ3n) is 7.47. The van der Waals surface area contributed by atoms with E-state index in [1.807, 2.05) is 17.5 Å². The maximum Gasteiger partial charge on any atom is 0.0880 e. The van der Waals surface area contributed by atoms with Crippen molar-refractivity contribution in [1.29, 1.82) is 0 Å². The molecule has 0 bridgehead atoms. The van der Waals surface area contributed by atoms with Gasteiger partial charge in [-0.25, -0.2) is 0 Å². The van der Waals surface area contributed by atoms with Crippen LogP contribution in [0.25, 0.3) is 42.2 Å². The van der Waals surface area contributed by atoms with Gasteiger partial charge in [0.25, 0.3) is 0 Å². The van der Waals surface area contributed by atoms with Gasteiger partial charge in [-0.15, -0.1) is 11.3 Å². The molecule has 1 nitrogen and oxygen atoms in total. The van der Waals surface area contributed by atoms with Crippen molar-refractivity contribution in [3.8, 4) is 11.3 Å². The van der Waals surface area contributed by atoms with Gasteiger partial charge in [0.15, 0.2) is 0 Å². The molecule has 2 heteroatoms. The van der Waals surface area contributed by atoms with Crippen molar-refractivity contribution in [3.05, 3.63) is 78.0 Å². The van der Waals surface area contributed by atoms with E-state index in [9.17, 15) is 0 Å². The molecule has 0 radical (unpaired) electrons. The van der Waals surface area contributed by atoms with Gasteiger partial charge in [0.05, 0.1) is 10.4 Å². The van der Waals surface area contributed by atoms with Crippen LogP contribution in [0, 0.1) is 5.92 Å². The number of benzene rings is 3. The van der Waals surface area contributed by atoms with Gasteiger partial charge in [-0.1, -0.05) is 77.1 Å². The maximum atomic E-state index is 4.96. The predicted molar refractivity (Wildman–Crippen MR) is 147 cm³/mol. The van der Waals surface area contributed by atoms with Crippen LogP contribution in [0.2, 0.25) is 0 Å². The first-order chi connectivity index (χ1) is 15.9. The van der Waals surface area contributed by atoms with Crippen molar-refractivity contribution >= 4 is 42.3 Å². The Morgan fingerprint density at radius 3 is 2.33 bits per heavy atom. The van der Waals surface area contributed by atoms with Crippen molar-refractivity contribution in [3.63, 3.8) is 0 Å². The van der Waals surface area contributed by atoms with Crippen molar-refractivity contribution in [2.45, 2.75) is 59.3 Å². The molecule has 0 aliphatic rings. The normalized spacial score (nSPS) is 12.4. The molecule has 0 saturated carbocycles. The number of fused-ring (bicyclic) bond motifs is 4. The Morgan fingerprint density at radius 2 is 1.58 bits per heavy atom. The summed E-state index contributed by atoms with van der Waals surface area (Å²) in [5.41, 5.74) is 5.40. The van der Waals surface area contributed by atoms with Crippen LogP contribution >= 0.6 is 11.3 Å². The lowest BCUT2D eigenvalue weighted by Crippen LogP contribution is -2.20. The minimum Gasteiger partial charge on any atom is -0.255 e. The SMILES string of the molecule is CCC(C)(CC)c1cc(-c2nccc3c2sc2c(CC(C)C)cccc23)cc2ccccc12. The van der Waals surface area contributed by atoms with E-state index in [4.69, 9.17) is 4.98 Å². The number of nitrogens with zero attached hydrogens (tertiary/aromatic N) is 1. The summed E-state index contributed by atoms with van der Waals surface area (Å²) in [4.78, 5) is 4.96. The Balaban J connectivity index is 1.80. The van der Waals surface area contributed by atoms with E-state index in [1.165, 1.54) is 47.6 Å². The first-order valence-corrected chi connectivity index (χ1v) is 13.1. The summed E-state index contributed by atoms with van der Waals surface area (Å²) in [6.07, 6.45) is 5.34. The van der Waals surface area contributed by atoms with Crippen LogP contribution in [0.3, 0.4) is 0 Å². The van der Waals surface area contributed by atoms with Gasteiger partial charge < -0.3 is 0 Å². The summed E-state index contributed by atoms with van der Waals surface area (Å²) in [6, 6.07) is 22.6. The molecular formula is C31H33NS. The molecule has 33 heavy (non-hydrogen) atoms. The molecule has 0 aliphatic carbocycles. The number of aromatic nitrogens is 1. The Bertz CT molecular complexity index is 1450. The summed E-state index contributed by atoms with van der Waals surface area (Å²) in [5.74, 6) is 0.641. The van der Waals surface area contributed by atoms with Crippen molar-refractivity contribution in [2.24, 2.45) is 5.92 Å². The Morgan fingerprint density at radius 1 is 0.848 bits per heavy atom. The topological polar surface area (TPSA) is 12.9 Å². The highest BCUT2D eigenvalue weighted by Crippen LogP contribution is 2.43. The van der Waals surface area contributed by atoms with Crippen LogP contribution in [0.5, 0.6) is 0 Å². The lowest BCUT2D eigenvalue weighted by molar-refractivity contribution is 0.443. The molecule has 5 rings (SSSR count). The number of thiophene rings is 1. The fourth-order valence-corrected chi connectivity index (χ4v) is 6.50. The van der Waals surface area contributed by atoms with Gasteiger partial charge in [-0.05, 0) is 70.7 Å². The minimum atomic E-state index is 0.147. The highest BCUT2D eigenvalue weighted by molar-refractivity contribution is 7.26. The standard InChI is InChI=1S/C31H33NS/c1-6-31(5,7-2)27-19-23(18-21-11-8-9-13-24(21)27)28-30-26(15-16-32-28)25-14-10-12-22(17-20(3)4)29(25)33-30/h8-16,18-20H,6-7,17H2,1-5H3.